The molecule has 16 heavy (non-hydrogen) atoms. The maximum absolute atomic E-state index is 13.7. The Balaban J connectivity index is 3.33. The van der Waals surface area contributed by atoms with E-state index in [-0.39, 0.29) is 10.6 Å². The van der Waals surface area contributed by atoms with Crippen LogP contribution < -0.4 is 16.7 Å². The molecule has 1 aromatic rings. The second kappa shape index (κ2) is 5.48. The Morgan fingerprint density at radius 2 is 2.19 bits per heavy atom. The van der Waals surface area contributed by atoms with Crippen molar-refractivity contribution in [1.82, 2.24) is 0 Å². The molecule has 0 aliphatic rings. The normalized spacial score (nSPS) is 11.5. The first kappa shape index (κ1) is 12.5. The number of anilines is 1. The minimum Gasteiger partial charge on any atom is -0.322 e. The lowest BCUT2D eigenvalue weighted by atomic mass is 10.1. The number of nitrogens with two attached hydrogens (primary N) is 2. The third kappa shape index (κ3) is 2.50. The number of nitrogens with zero attached hydrogens (tertiary/aromatic N) is 2. The van der Waals surface area contributed by atoms with Crippen molar-refractivity contribution < 1.29 is 4.39 Å². The highest BCUT2D eigenvalue weighted by atomic mass is 35.5. The number of hydrogen-bond donors (Lipinski definition) is 2. The summed E-state index contributed by atoms with van der Waals surface area (Å²) in [6, 6.07) is 3.01. The summed E-state index contributed by atoms with van der Waals surface area (Å²) < 4.78 is 13.7. The van der Waals surface area contributed by atoms with Crippen LogP contribution in [0.4, 0.5) is 10.1 Å². The van der Waals surface area contributed by atoms with Gasteiger partial charge in [0.1, 0.15) is 6.34 Å². The molecule has 0 fully saturated rings. The average molecular weight is 243 g/mol. The zero-order chi connectivity index (χ0) is 12.1. The first-order valence-electron chi connectivity index (χ1n) is 4.49. The van der Waals surface area contributed by atoms with Crippen LogP contribution in [0, 0.1) is 5.82 Å². The van der Waals surface area contributed by atoms with Crippen LogP contribution in [-0.2, 0) is 0 Å². The van der Waals surface area contributed by atoms with E-state index in [0.29, 0.717) is 5.69 Å². The Morgan fingerprint density at radius 1 is 1.50 bits per heavy atom. The maximum atomic E-state index is 13.7. The van der Waals surface area contributed by atoms with Crippen LogP contribution in [0.15, 0.2) is 23.3 Å². The smallest absolute Gasteiger partial charge is 0.151 e. The molecular weight excluding hydrogens is 231 g/mol. The van der Waals surface area contributed by atoms with Crippen molar-refractivity contribution in [1.29, 1.82) is 0 Å². The van der Waals surface area contributed by atoms with Gasteiger partial charge >= 0.3 is 0 Å². The summed E-state index contributed by atoms with van der Waals surface area (Å²) in [6.45, 7) is 1.77. The largest absolute Gasteiger partial charge is 0.322 e. The van der Waals surface area contributed by atoms with Gasteiger partial charge in [0.25, 0.3) is 0 Å². The van der Waals surface area contributed by atoms with E-state index in [2.05, 4.69) is 5.10 Å². The summed E-state index contributed by atoms with van der Waals surface area (Å²) in [5.41, 5.74) is 0.714. The van der Waals surface area contributed by atoms with Gasteiger partial charge in [0.05, 0.1) is 10.7 Å². The van der Waals surface area contributed by atoms with Gasteiger partial charge in [-0.05, 0) is 19.1 Å². The highest BCUT2D eigenvalue weighted by molar-refractivity contribution is 6.31. The van der Waals surface area contributed by atoms with E-state index in [1.54, 1.807) is 25.1 Å². The molecule has 0 saturated heterocycles. The second-order valence-corrected chi connectivity index (χ2v) is 3.37. The molecule has 0 spiro atoms. The molecule has 0 aliphatic carbocycles. The summed E-state index contributed by atoms with van der Waals surface area (Å²) in [7, 11) is 0. The molecule has 1 aromatic carbocycles. The predicted octanol–water partition coefficient (Wildman–Crippen LogP) is 2.09. The summed E-state index contributed by atoms with van der Waals surface area (Å²) in [6.07, 6.45) is 4.43. The van der Waals surface area contributed by atoms with E-state index in [1.807, 2.05) is 0 Å². The monoisotopic (exact) mass is 242 g/mol. The van der Waals surface area contributed by atoms with Gasteiger partial charge in [0.15, 0.2) is 5.82 Å². The number of hydrazine groups is 1. The van der Waals surface area contributed by atoms with E-state index < -0.39 is 5.82 Å². The van der Waals surface area contributed by atoms with Gasteiger partial charge in [-0.3, -0.25) is 5.01 Å². The van der Waals surface area contributed by atoms with Gasteiger partial charge < -0.3 is 5.84 Å². The van der Waals surface area contributed by atoms with Gasteiger partial charge in [0.2, 0.25) is 0 Å². The molecule has 0 saturated carbocycles. The Bertz CT molecular complexity index is 431. The quantitative estimate of drug-likeness (QED) is 0.369. The molecule has 0 bridgehead atoms. The number of halogens is 2. The maximum Gasteiger partial charge on any atom is 0.151 e. The van der Waals surface area contributed by atoms with Crippen molar-refractivity contribution in [2.75, 3.05) is 5.01 Å². The molecule has 6 heteroatoms. The van der Waals surface area contributed by atoms with Crippen LogP contribution in [0.5, 0.6) is 0 Å². The fourth-order valence-electron chi connectivity index (χ4n) is 1.24. The molecule has 0 atom stereocenters. The van der Waals surface area contributed by atoms with Gasteiger partial charge in [-0.1, -0.05) is 23.8 Å². The Hall–Kier alpha value is -1.59. The first-order valence-corrected chi connectivity index (χ1v) is 4.87. The molecular formula is C10H12ClFN4. The van der Waals surface area contributed by atoms with Crippen molar-refractivity contribution in [3.8, 4) is 0 Å². The number of benzene rings is 1. The van der Waals surface area contributed by atoms with E-state index in [0.717, 1.165) is 5.01 Å². The van der Waals surface area contributed by atoms with Gasteiger partial charge in [-0.15, -0.1) is 0 Å². The van der Waals surface area contributed by atoms with E-state index in [4.69, 9.17) is 23.3 Å². The van der Waals surface area contributed by atoms with E-state index in [1.165, 1.54) is 12.4 Å². The van der Waals surface area contributed by atoms with Crippen molar-refractivity contribution in [3.63, 3.8) is 0 Å². The minimum absolute atomic E-state index is 0.0370. The highest BCUT2D eigenvalue weighted by Crippen LogP contribution is 2.27. The molecule has 0 aliphatic heterocycles. The molecule has 0 aromatic heterocycles. The molecule has 0 radical (unpaired) electrons. The number of allylic oxidation sites excluding steroid dienone is 1. The van der Waals surface area contributed by atoms with Crippen molar-refractivity contribution >= 4 is 29.7 Å². The highest BCUT2D eigenvalue weighted by Gasteiger charge is 2.12. The van der Waals surface area contributed by atoms with Crippen LogP contribution in [-0.4, -0.2) is 6.34 Å². The SMILES string of the molecule is C/C=C/c1c(N(N)/C=N\N)ccc(Cl)c1F. The van der Waals surface area contributed by atoms with Crippen LogP contribution in [0.2, 0.25) is 5.02 Å². The van der Waals surface area contributed by atoms with E-state index in [9.17, 15) is 4.39 Å². The number of hydrogen-bond acceptors (Lipinski definition) is 3. The Kier molecular flexibility index (Phi) is 4.28. The molecule has 4 N–H and O–H groups in total. The fourth-order valence-corrected chi connectivity index (χ4v) is 1.41. The fraction of sp³-hybridized carbons (Fsp3) is 0.100. The zero-order valence-corrected chi connectivity index (χ0v) is 9.45. The third-order valence-corrected chi connectivity index (χ3v) is 2.20. The first-order chi connectivity index (χ1) is 7.61. The van der Waals surface area contributed by atoms with Crippen molar-refractivity contribution in [2.45, 2.75) is 6.92 Å². The predicted molar refractivity (Wildman–Crippen MR) is 65.5 cm³/mol. The van der Waals surface area contributed by atoms with Gasteiger partial charge in [0, 0.05) is 5.56 Å². The van der Waals surface area contributed by atoms with Crippen LogP contribution in [0.25, 0.3) is 6.08 Å². The average Bonchev–Trinajstić information content (AvgIpc) is 2.25. The number of hydrazone groups is 1. The summed E-state index contributed by atoms with van der Waals surface area (Å²) >= 11 is 5.68. The number of rotatable bonds is 3. The lowest BCUT2D eigenvalue weighted by Crippen LogP contribution is -2.30. The van der Waals surface area contributed by atoms with Crippen molar-refractivity contribution in [2.24, 2.45) is 16.8 Å². The third-order valence-electron chi connectivity index (χ3n) is 1.91. The lowest BCUT2D eigenvalue weighted by molar-refractivity contribution is 0.625. The standard InChI is InChI=1S/C10H12ClFN4/c1-2-3-7-9(16(14)6-15-13)5-4-8(11)10(7)12/h2-6H,13-14H2,1H3/b3-2+,15-6-. The van der Waals surface area contributed by atoms with E-state index >= 15 is 0 Å². The molecule has 4 nitrogen and oxygen atoms in total. The topological polar surface area (TPSA) is 67.6 Å². The lowest BCUT2D eigenvalue weighted by Gasteiger charge is -2.16. The molecule has 0 unspecified atom stereocenters. The summed E-state index contributed by atoms with van der Waals surface area (Å²) in [4.78, 5) is 0. The van der Waals surface area contributed by atoms with Crippen LogP contribution >= 0.6 is 11.6 Å². The van der Waals surface area contributed by atoms with Gasteiger partial charge in [-0.2, -0.15) is 5.10 Å². The van der Waals surface area contributed by atoms with Crippen LogP contribution in [0.3, 0.4) is 0 Å². The zero-order valence-electron chi connectivity index (χ0n) is 8.69. The molecule has 86 valence electrons. The minimum atomic E-state index is -0.530. The Labute approximate surface area is 97.9 Å². The molecule has 0 amide bonds. The van der Waals surface area contributed by atoms with Crippen molar-refractivity contribution in [3.05, 3.63) is 34.6 Å². The summed E-state index contributed by atoms with van der Waals surface area (Å²) in [5, 5.41) is 4.42. The molecule has 0 heterocycles. The Morgan fingerprint density at radius 3 is 2.75 bits per heavy atom. The van der Waals surface area contributed by atoms with Crippen LogP contribution in [0.1, 0.15) is 12.5 Å². The van der Waals surface area contributed by atoms with Gasteiger partial charge in [-0.25, -0.2) is 10.2 Å². The molecule has 1 rings (SSSR count). The summed E-state index contributed by atoms with van der Waals surface area (Å²) in [5.74, 6) is 10.1. The second-order valence-electron chi connectivity index (χ2n) is 2.97.